The van der Waals surface area contributed by atoms with Crippen molar-refractivity contribution in [1.29, 1.82) is 0 Å². The molecule has 0 atom stereocenters. The molecule has 0 spiro atoms. The third-order valence-electron chi connectivity index (χ3n) is 2.04. The summed E-state index contributed by atoms with van der Waals surface area (Å²) in [7, 11) is 0. The summed E-state index contributed by atoms with van der Waals surface area (Å²) in [4.78, 5) is 12.7. The topological polar surface area (TPSA) is 82.2 Å². The van der Waals surface area contributed by atoms with Gasteiger partial charge in [-0.15, -0.1) is 5.10 Å². The Morgan fingerprint density at radius 3 is 2.88 bits per heavy atom. The van der Waals surface area contributed by atoms with Gasteiger partial charge in [-0.1, -0.05) is 13.3 Å². The van der Waals surface area contributed by atoms with Gasteiger partial charge in [0.1, 0.15) is 11.4 Å². The molecular formula is C10H18N4O2. The normalized spacial score (nSPS) is 11.2. The van der Waals surface area contributed by atoms with Crippen LogP contribution in [0.1, 0.15) is 33.6 Å². The van der Waals surface area contributed by atoms with E-state index in [2.05, 4.69) is 10.5 Å². The first-order chi connectivity index (χ1) is 7.43. The predicted molar refractivity (Wildman–Crippen MR) is 61.5 cm³/mol. The molecule has 6 nitrogen and oxygen atoms in total. The monoisotopic (exact) mass is 226 g/mol. The maximum Gasteiger partial charge on any atom is 0.428 e. The van der Waals surface area contributed by atoms with Crippen molar-refractivity contribution in [2.75, 3.05) is 11.2 Å². The second-order valence-corrected chi connectivity index (χ2v) is 4.20. The summed E-state index contributed by atoms with van der Waals surface area (Å²) in [5.74, 6) is 0.341. The van der Waals surface area contributed by atoms with E-state index in [0.717, 1.165) is 12.8 Å². The van der Waals surface area contributed by atoms with Crippen molar-refractivity contribution >= 4 is 11.9 Å². The minimum absolute atomic E-state index is 0.341. The molecule has 0 saturated carbocycles. The molecule has 0 aliphatic rings. The highest BCUT2D eigenvalue weighted by molar-refractivity contribution is 5.76. The van der Waals surface area contributed by atoms with Crippen molar-refractivity contribution in [3.05, 3.63) is 12.3 Å². The minimum Gasteiger partial charge on any atom is -0.442 e. The quantitative estimate of drug-likeness (QED) is 0.819. The molecule has 1 aromatic rings. The number of hydrogen-bond acceptors (Lipinski definition) is 4. The minimum atomic E-state index is -0.540. The van der Waals surface area contributed by atoms with Gasteiger partial charge in [0.15, 0.2) is 0 Å². The molecule has 0 unspecified atom stereocenters. The molecular weight excluding hydrogens is 208 g/mol. The Balaban J connectivity index is 2.47. The van der Waals surface area contributed by atoms with Crippen molar-refractivity contribution < 1.29 is 9.53 Å². The molecule has 0 aromatic carbocycles. The smallest absolute Gasteiger partial charge is 0.428 e. The molecule has 0 fully saturated rings. The number of nitrogens with two attached hydrogens (primary N) is 1. The molecule has 1 aromatic heterocycles. The fraction of sp³-hybridized carbons (Fsp3) is 0.600. The zero-order valence-electron chi connectivity index (χ0n) is 9.86. The molecule has 0 bridgehead atoms. The van der Waals surface area contributed by atoms with Crippen molar-refractivity contribution in [3.63, 3.8) is 0 Å². The number of carbonyl (C=O) groups is 1. The highest BCUT2D eigenvalue weighted by Crippen LogP contribution is 2.16. The number of nitrogens with zero attached hydrogens (tertiary/aromatic N) is 2. The molecule has 0 saturated heterocycles. The van der Waals surface area contributed by atoms with Crippen molar-refractivity contribution in [3.8, 4) is 0 Å². The van der Waals surface area contributed by atoms with Crippen LogP contribution >= 0.6 is 0 Å². The number of anilines is 1. The second-order valence-electron chi connectivity index (χ2n) is 4.20. The van der Waals surface area contributed by atoms with E-state index in [4.69, 9.17) is 10.5 Å². The van der Waals surface area contributed by atoms with Crippen molar-refractivity contribution in [2.24, 2.45) is 0 Å². The number of nitrogens with one attached hydrogen (secondary N) is 1. The van der Waals surface area contributed by atoms with Crippen LogP contribution in [0.5, 0.6) is 0 Å². The summed E-state index contributed by atoms with van der Waals surface area (Å²) in [6, 6.07) is 1.58. The van der Waals surface area contributed by atoms with Gasteiger partial charge in [0.25, 0.3) is 0 Å². The Bertz CT molecular complexity index is 359. The fourth-order valence-corrected chi connectivity index (χ4v) is 1.42. The van der Waals surface area contributed by atoms with Crippen molar-refractivity contribution in [1.82, 2.24) is 9.89 Å². The van der Waals surface area contributed by atoms with E-state index in [9.17, 15) is 4.79 Å². The fourth-order valence-electron chi connectivity index (χ4n) is 1.42. The van der Waals surface area contributed by atoms with Crippen molar-refractivity contribution in [2.45, 2.75) is 39.2 Å². The van der Waals surface area contributed by atoms with Gasteiger partial charge >= 0.3 is 6.09 Å². The van der Waals surface area contributed by atoms with Crippen LogP contribution in [0.3, 0.4) is 0 Å². The number of amides is 1. The number of rotatable bonds is 4. The second kappa shape index (κ2) is 4.87. The summed E-state index contributed by atoms with van der Waals surface area (Å²) in [6.45, 7) is 5.78. The maximum atomic E-state index is 11.5. The van der Waals surface area contributed by atoms with E-state index in [1.165, 1.54) is 4.79 Å². The van der Waals surface area contributed by atoms with E-state index >= 15 is 0 Å². The van der Waals surface area contributed by atoms with Gasteiger partial charge in [-0.2, -0.15) is 4.79 Å². The Kier molecular flexibility index (Phi) is 3.76. The van der Waals surface area contributed by atoms with E-state index in [1.807, 2.05) is 20.8 Å². The highest BCUT2D eigenvalue weighted by Gasteiger charge is 2.21. The Morgan fingerprint density at radius 2 is 2.38 bits per heavy atom. The zero-order chi connectivity index (χ0) is 12.2. The molecule has 1 amide bonds. The average molecular weight is 226 g/mol. The lowest BCUT2D eigenvalue weighted by atomic mass is 10.0. The van der Waals surface area contributed by atoms with Gasteiger partial charge in [0, 0.05) is 6.07 Å². The molecule has 0 aliphatic heterocycles. The number of nitrogen functional groups attached to an aromatic ring is 1. The lowest BCUT2D eigenvalue weighted by Gasteiger charge is -2.24. The molecule has 1 rings (SSSR count). The van der Waals surface area contributed by atoms with E-state index in [-0.39, 0.29) is 0 Å². The molecule has 1 heterocycles. The number of hydrogen-bond donors (Lipinski definition) is 2. The SMILES string of the molecule is CCCC(C)(C)OC(=O)Nn1ccc(N)n1. The van der Waals surface area contributed by atoms with Gasteiger partial charge in [-0.05, 0) is 20.3 Å². The van der Waals surface area contributed by atoms with Crippen LogP contribution in [-0.2, 0) is 4.74 Å². The predicted octanol–water partition coefficient (Wildman–Crippen LogP) is 1.72. The third-order valence-corrected chi connectivity index (χ3v) is 2.04. The van der Waals surface area contributed by atoms with E-state index < -0.39 is 11.7 Å². The molecule has 6 heteroatoms. The zero-order valence-corrected chi connectivity index (χ0v) is 9.86. The van der Waals surface area contributed by atoms with Gasteiger partial charge in [0.2, 0.25) is 0 Å². The van der Waals surface area contributed by atoms with E-state index in [0.29, 0.717) is 5.82 Å². The van der Waals surface area contributed by atoms with Gasteiger partial charge < -0.3 is 10.5 Å². The lowest BCUT2D eigenvalue weighted by Crippen LogP contribution is -2.33. The van der Waals surface area contributed by atoms with Crippen LogP contribution in [0.15, 0.2) is 12.3 Å². The molecule has 3 N–H and O–H groups in total. The summed E-state index contributed by atoms with van der Waals surface area (Å²) in [5, 5.41) is 3.81. The van der Waals surface area contributed by atoms with Crippen LogP contribution in [0.25, 0.3) is 0 Å². The van der Waals surface area contributed by atoms with Crippen LogP contribution in [-0.4, -0.2) is 21.6 Å². The maximum absolute atomic E-state index is 11.5. The number of carbonyl (C=O) groups excluding carboxylic acids is 1. The first kappa shape index (κ1) is 12.4. The van der Waals surface area contributed by atoms with Gasteiger partial charge in [-0.3, -0.25) is 0 Å². The summed E-state index contributed by atoms with van der Waals surface area (Å²) < 4.78 is 5.24. The molecule has 0 radical (unpaired) electrons. The van der Waals surface area contributed by atoms with Crippen LogP contribution in [0, 0.1) is 0 Å². The standard InChI is InChI=1S/C10H18N4O2/c1-4-6-10(2,3)16-9(15)13-14-7-5-8(11)12-14/h5,7H,4,6H2,1-3H3,(H2,11,12)(H,13,15). The Morgan fingerprint density at radius 1 is 1.69 bits per heavy atom. The van der Waals surface area contributed by atoms with Crippen LogP contribution < -0.4 is 11.2 Å². The number of aromatic nitrogens is 2. The van der Waals surface area contributed by atoms with Crippen LogP contribution in [0.4, 0.5) is 10.6 Å². The first-order valence-electron chi connectivity index (χ1n) is 5.24. The summed E-state index contributed by atoms with van der Waals surface area (Å²) >= 11 is 0. The average Bonchev–Trinajstić information content (AvgIpc) is 2.49. The Hall–Kier alpha value is -1.72. The Labute approximate surface area is 94.7 Å². The number of ether oxygens (including phenoxy) is 1. The van der Waals surface area contributed by atoms with Crippen LogP contribution in [0.2, 0.25) is 0 Å². The summed E-state index contributed by atoms with van der Waals surface area (Å²) in [6.07, 6.45) is 2.77. The molecule has 16 heavy (non-hydrogen) atoms. The van der Waals surface area contributed by atoms with Gasteiger partial charge in [-0.25, -0.2) is 10.2 Å². The molecule has 0 aliphatic carbocycles. The third kappa shape index (κ3) is 3.80. The largest absolute Gasteiger partial charge is 0.442 e. The molecule has 90 valence electrons. The lowest BCUT2D eigenvalue weighted by molar-refractivity contribution is 0.0396. The van der Waals surface area contributed by atoms with Gasteiger partial charge in [0.05, 0.1) is 6.20 Å². The summed E-state index contributed by atoms with van der Waals surface area (Å²) in [5.41, 5.74) is 7.37. The first-order valence-corrected chi connectivity index (χ1v) is 5.24. The van der Waals surface area contributed by atoms with E-state index in [1.54, 1.807) is 12.3 Å². The highest BCUT2D eigenvalue weighted by atomic mass is 16.6.